The minimum absolute atomic E-state index is 0.609. The number of rotatable bonds is 2. The van der Waals surface area contributed by atoms with E-state index < -0.39 is 0 Å². The van der Waals surface area contributed by atoms with Crippen LogP contribution in [0.1, 0.15) is 20.3 Å². The highest BCUT2D eigenvalue weighted by atomic mass is 14.0. The van der Waals surface area contributed by atoms with Crippen LogP contribution in [-0.4, -0.2) is 0 Å². The lowest BCUT2D eigenvalue weighted by atomic mass is 10.0. The van der Waals surface area contributed by atoms with Gasteiger partial charge >= 0.3 is 0 Å². The summed E-state index contributed by atoms with van der Waals surface area (Å²) in [7, 11) is 0. The van der Waals surface area contributed by atoms with Crippen LogP contribution in [0, 0.1) is 12.8 Å². The Morgan fingerprint density at radius 1 is 1.57 bits per heavy atom. The molecule has 0 spiro atoms. The molecule has 0 aliphatic heterocycles. The highest BCUT2D eigenvalue weighted by Crippen LogP contribution is 2.08. The maximum absolute atomic E-state index is 3.81. The smallest absolute Gasteiger partial charge is 0.0263 e. The Balaban J connectivity index is 3.35. The Kier molecular flexibility index (Phi) is 2.73. The maximum atomic E-state index is 3.81. The van der Waals surface area contributed by atoms with Crippen molar-refractivity contribution in [2.24, 2.45) is 5.92 Å². The van der Waals surface area contributed by atoms with E-state index in [4.69, 9.17) is 0 Å². The average Bonchev–Trinajstić information content (AvgIpc) is 1.65. The summed E-state index contributed by atoms with van der Waals surface area (Å²) in [6.45, 7) is 11.8. The van der Waals surface area contributed by atoms with Crippen molar-refractivity contribution in [3.63, 3.8) is 0 Å². The molecular formula is C7H13. The molecule has 41 valence electrons. The minimum Gasteiger partial charge on any atom is -0.0996 e. The van der Waals surface area contributed by atoms with E-state index in [-0.39, 0.29) is 0 Å². The first-order chi connectivity index (χ1) is 3.18. The number of hydrogen-bond acceptors (Lipinski definition) is 0. The predicted molar refractivity (Wildman–Crippen MR) is 34.0 cm³/mol. The molecule has 0 aromatic heterocycles. The van der Waals surface area contributed by atoms with Crippen LogP contribution in [0.25, 0.3) is 0 Å². The average molecular weight is 97.2 g/mol. The SMILES string of the molecule is [CH2]CC(=C)C(C)C. The largest absolute Gasteiger partial charge is 0.0996 e. The summed E-state index contributed by atoms with van der Waals surface area (Å²) in [4.78, 5) is 0. The maximum Gasteiger partial charge on any atom is -0.0263 e. The molecule has 0 N–H and O–H groups in total. The zero-order valence-corrected chi connectivity index (χ0v) is 5.20. The fraction of sp³-hybridized carbons (Fsp3) is 0.571. The molecule has 0 aromatic rings. The lowest BCUT2D eigenvalue weighted by Crippen LogP contribution is -1.88. The fourth-order valence-corrected chi connectivity index (χ4v) is 0.289. The molecule has 0 heteroatoms. The number of allylic oxidation sites excluding steroid dienone is 1. The first-order valence-electron chi connectivity index (χ1n) is 2.65. The van der Waals surface area contributed by atoms with Gasteiger partial charge in [-0.1, -0.05) is 26.0 Å². The first-order valence-corrected chi connectivity index (χ1v) is 2.65. The molecule has 0 rings (SSSR count). The van der Waals surface area contributed by atoms with Gasteiger partial charge in [-0.25, -0.2) is 0 Å². The van der Waals surface area contributed by atoms with Crippen molar-refractivity contribution in [2.75, 3.05) is 0 Å². The Labute approximate surface area is 46.2 Å². The van der Waals surface area contributed by atoms with E-state index in [0.29, 0.717) is 5.92 Å². The molecule has 7 heavy (non-hydrogen) atoms. The second-order valence-electron chi connectivity index (χ2n) is 2.06. The van der Waals surface area contributed by atoms with Crippen molar-refractivity contribution >= 4 is 0 Å². The summed E-state index contributed by atoms with van der Waals surface area (Å²) in [5, 5.41) is 0. The van der Waals surface area contributed by atoms with E-state index in [0.717, 1.165) is 6.42 Å². The van der Waals surface area contributed by atoms with Crippen molar-refractivity contribution in [1.29, 1.82) is 0 Å². The van der Waals surface area contributed by atoms with Gasteiger partial charge in [0.25, 0.3) is 0 Å². The molecule has 0 saturated heterocycles. The molecule has 0 bridgehead atoms. The van der Waals surface area contributed by atoms with Crippen molar-refractivity contribution in [2.45, 2.75) is 20.3 Å². The van der Waals surface area contributed by atoms with Crippen molar-refractivity contribution in [1.82, 2.24) is 0 Å². The first kappa shape index (κ1) is 6.74. The summed E-state index contributed by atoms with van der Waals surface area (Å²) >= 11 is 0. The molecule has 0 atom stereocenters. The molecular weight excluding hydrogens is 84.1 g/mol. The van der Waals surface area contributed by atoms with Crippen molar-refractivity contribution < 1.29 is 0 Å². The van der Waals surface area contributed by atoms with E-state index in [1.165, 1.54) is 5.57 Å². The van der Waals surface area contributed by atoms with E-state index in [9.17, 15) is 0 Å². The molecule has 0 aliphatic rings. The summed E-state index contributed by atoms with van der Waals surface area (Å²) < 4.78 is 0. The van der Waals surface area contributed by atoms with Crippen LogP contribution in [0.15, 0.2) is 12.2 Å². The molecule has 0 unspecified atom stereocenters. The van der Waals surface area contributed by atoms with Gasteiger partial charge in [0.15, 0.2) is 0 Å². The van der Waals surface area contributed by atoms with Gasteiger partial charge in [0.1, 0.15) is 0 Å². The second-order valence-corrected chi connectivity index (χ2v) is 2.06. The zero-order valence-electron chi connectivity index (χ0n) is 5.20. The van der Waals surface area contributed by atoms with Gasteiger partial charge < -0.3 is 0 Å². The van der Waals surface area contributed by atoms with Gasteiger partial charge in [0.05, 0.1) is 0 Å². The molecule has 0 fully saturated rings. The van der Waals surface area contributed by atoms with Crippen LogP contribution in [0.5, 0.6) is 0 Å². The monoisotopic (exact) mass is 97.1 g/mol. The summed E-state index contributed by atoms with van der Waals surface area (Å²) in [6.07, 6.45) is 0.873. The molecule has 0 aromatic carbocycles. The van der Waals surface area contributed by atoms with Crippen LogP contribution >= 0.6 is 0 Å². The third kappa shape index (κ3) is 2.44. The highest BCUT2D eigenvalue weighted by Gasteiger charge is 1.93. The van der Waals surface area contributed by atoms with Gasteiger partial charge in [-0.15, -0.1) is 0 Å². The van der Waals surface area contributed by atoms with Crippen molar-refractivity contribution in [3.8, 4) is 0 Å². The molecule has 0 aliphatic carbocycles. The van der Waals surface area contributed by atoms with Gasteiger partial charge in [0, 0.05) is 0 Å². The standard InChI is InChI=1S/C7H13/c1-5-7(4)6(2)3/h6H,1,4-5H2,2-3H3. The van der Waals surface area contributed by atoms with Crippen LogP contribution < -0.4 is 0 Å². The van der Waals surface area contributed by atoms with E-state index >= 15 is 0 Å². The van der Waals surface area contributed by atoms with E-state index in [1.54, 1.807) is 0 Å². The topological polar surface area (TPSA) is 0 Å². The van der Waals surface area contributed by atoms with Crippen LogP contribution in [-0.2, 0) is 0 Å². The van der Waals surface area contributed by atoms with Gasteiger partial charge in [0.2, 0.25) is 0 Å². The van der Waals surface area contributed by atoms with Gasteiger partial charge in [-0.05, 0) is 19.3 Å². The van der Waals surface area contributed by atoms with Crippen molar-refractivity contribution in [3.05, 3.63) is 19.1 Å². The van der Waals surface area contributed by atoms with Crippen LogP contribution in [0.3, 0.4) is 0 Å². The third-order valence-corrected chi connectivity index (χ3v) is 1.14. The summed E-state index contributed by atoms with van der Waals surface area (Å²) in [6, 6.07) is 0. The Morgan fingerprint density at radius 2 is 2.00 bits per heavy atom. The highest BCUT2D eigenvalue weighted by molar-refractivity contribution is 4.97. The second kappa shape index (κ2) is 2.84. The molecule has 0 saturated carbocycles. The lowest BCUT2D eigenvalue weighted by molar-refractivity contribution is 0.751. The van der Waals surface area contributed by atoms with Crippen LogP contribution in [0.4, 0.5) is 0 Å². The van der Waals surface area contributed by atoms with E-state index in [1.807, 2.05) is 0 Å². The molecule has 1 radical (unpaired) electrons. The molecule has 0 nitrogen and oxygen atoms in total. The summed E-state index contributed by atoms with van der Waals surface area (Å²) in [5.74, 6) is 0.609. The molecule has 0 heterocycles. The minimum atomic E-state index is 0.609. The van der Waals surface area contributed by atoms with Gasteiger partial charge in [-0.2, -0.15) is 0 Å². The number of hydrogen-bond donors (Lipinski definition) is 0. The quantitative estimate of drug-likeness (QED) is 0.464. The Morgan fingerprint density at radius 3 is 2.00 bits per heavy atom. The Bertz CT molecular complexity index is 60.4. The Hall–Kier alpha value is -0.260. The van der Waals surface area contributed by atoms with Gasteiger partial charge in [-0.3, -0.25) is 0 Å². The zero-order chi connectivity index (χ0) is 5.86. The summed E-state index contributed by atoms with van der Waals surface area (Å²) in [5.41, 5.74) is 1.24. The molecule has 0 amide bonds. The third-order valence-electron chi connectivity index (χ3n) is 1.14. The van der Waals surface area contributed by atoms with Crippen LogP contribution in [0.2, 0.25) is 0 Å². The van der Waals surface area contributed by atoms with E-state index in [2.05, 4.69) is 27.4 Å². The predicted octanol–water partition coefficient (Wildman–Crippen LogP) is 2.42. The fourth-order valence-electron chi connectivity index (χ4n) is 0.289. The lowest BCUT2D eigenvalue weighted by Gasteiger charge is -2.02. The normalized spacial score (nSPS) is 9.71.